The van der Waals surface area contributed by atoms with E-state index in [-0.39, 0.29) is 23.8 Å². The van der Waals surface area contributed by atoms with Crippen molar-refractivity contribution in [2.75, 3.05) is 46.5 Å². The molecule has 0 aromatic rings. The Kier molecular flexibility index (Phi) is 5.93. The van der Waals surface area contributed by atoms with Gasteiger partial charge in [-0.25, -0.2) is 19.2 Å². The van der Waals surface area contributed by atoms with Crippen LogP contribution in [-0.2, 0) is 18.9 Å². The Morgan fingerprint density at radius 2 is 1.56 bits per heavy atom. The molecule has 0 aromatic carbocycles. The lowest BCUT2D eigenvalue weighted by molar-refractivity contribution is -0.280. The second kappa shape index (κ2) is 7.61. The van der Waals surface area contributed by atoms with Gasteiger partial charge in [-0.2, -0.15) is 5.06 Å². The minimum Gasteiger partial charge on any atom is -0.447 e. The number of nitrogens with one attached hydrogen (secondary N) is 1. The molecule has 1 amide bonds. The van der Waals surface area contributed by atoms with E-state index in [1.807, 2.05) is 5.06 Å². The number of hydrogen-bond acceptors (Lipinski definition) is 6. The van der Waals surface area contributed by atoms with Gasteiger partial charge in [-0.1, -0.05) is 0 Å². The number of nitrogens with zero attached hydrogens (tertiary/aromatic N) is 3. The Labute approximate surface area is 161 Å². The van der Waals surface area contributed by atoms with E-state index in [0.29, 0.717) is 6.61 Å². The summed E-state index contributed by atoms with van der Waals surface area (Å²) in [7, 11) is -1.23. The van der Waals surface area contributed by atoms with Crippen LogP contribution >= 0.6 is 7.59 Å². The van der Waals surface area contributed by atoms with E-state index >= 15 is 0 Å². The molecule has 9 nitrogen and oxygen atoms in total. The van der Waals surface area contributed by atoms with Gasteiger partial charge < -0.3 is 14.3 Å². The maximum atomic E-state index is 12.8. The van der Waals surface area contributed by atoms with Crippen LogP contribution in [0.5, 0.6) is 0 Å². The van der Waals surface area contributed by atoms with Gasteiger partial charge in [0.25, 0.3) is 0 Å². The van der Waals surface area contributed by atoms with Crippen LogP contribution in [0.2, 0.25) is 0 Å². The van der Waals surface area contributed by atoms with Crippen molar-refractivity contribution in [3.8, 4) is 0 Å². The molecule has 0 atom stereocenters. The Balaban J connectivity index is 1.41. The predicted octanol–water partition coefficient (Wildman–Crippen LogP) is 2.05. The van der Waals surface area contributed by atoms with Gasteiger partial charge in [0.1, 0.15) is 6.61 Å². The first-order valence-corrected chi connectivity index (χ1v) is 11.2. The molecule has 10 heteroatoms. The van der Waals surface area contributed by atoms with Crippen LogP contribution in [0.4, 0.5) is 4.79 Å². The van der Waals surface area contributed by atoms with Crippen molar-refractivity contribution in [1.82, 2.24) is 19.5 Å². The van der Waals surface area contributed by atoms with E-state index < -0.39 is 13.7 Å². The molecule has 3 fully saturated rings. The summed E-state index contributed by atoms with van der Waals surface area (Å²) >= 11 is 0. The van der Waals surface area contributed by atoms with E-state index in [4.69, 9.17) is 14.3 Å². The van der Waals surface area contributed by atoms with Crippen LogP contribution in [0.1, 0.15) is 40.5 Å². The summed E-state index contributed by atoms with van der Waals surface area (Å²) in [4.78, 5) is 17.6. The van der Waals surface area contributed by atoms with Crippen LogP contribution in [0, 0.1) is 0 Å². The van der Waals surface area contributed by atoms with E-state index in [9.17, 15) is 9.36 Å². The van der Waals surface area contributed by atoms with Crippen molar-refractivity contribution in [2.45, 2.75) is 57.7 Å². The number of hydrogen-bond donors (Lipinski definition) is 1. The molecule has 1 N–H and O–H groups in total. The van der Waals surface area contributed by atoms with Crippen LogP contribution in [0.15, 0.2) is 0 Å². The summed E-state index contributed by atoms with van der Waals surface area (Å²) in [6, 6.07) is 0. The van der Waals surface area contributed by atoms with Crippen LogP contribution in [0.3, 0.4) is 0 Å². The molecule has 156 valence electrons. The molecule has 3 rings (SSSR count). The van der Waals surface area contributed by atoms with Gasteiger partial charge in [0, 0.05) is 37.3 Å². The van der Waals surface area contributed by atoms with Crippen molar-refractivity contribution >= 4 is 13.7 Å². The zero-order valence-corrected chi connectivity index (χ0v) is 18.0. The number of ether oxygens (including phenoxy) is 2. The molecule has 0 saturated carbocycles. The van der Waals surface area contributed by atoms with E-state index in [1.165, 1.54) is 0 Å². The molecule has 0 aromatic heterocycles. The quantitative estimate of drug-likeness (QED) is 0.374. The van der Waals surface area contributed by atoms with Gasteiger partial charge >= 0.3 is 13.7 Å². The lowest BCUT2D eigenvalue weighted by Crippen LogP contribution is -2.61. The fraction of sp³-hybridized carbons (Fsp3) is 0.941. The number of carbonyl (C=O) groups excluding carboxylic acids is 1. The summed E-state index contributed by atoms with van der Waals surface area (Å²) in [5.41, 5.74) is -0.299. The minimum absolute atomic E-state index is 0.0642. The summed E-state index contributed by atoms with van der Waals surface area (Å²) < 4.78 is 27.6. The zero-order chi connectivity index (χ0) is 19.9. The highest BCUT2D eigenvalue weighted by Crippen LogP contribution is 2.56. The van der Waals surface area contributed by atoms with E-state index in [0.717, 1.165) is 39.0 Å². The van der Waals surface area contributed by atoms with Crippen molar-refractivity contribution < 1.29 is 23.7 Å². The molecule has 0 bridgehead atoms. The summed E-state index contributed by atoms with van der Waals surface area (Å²) in [6.07, 6.45) is 1.08. The maximum Gasteiger partial charge on any atom is 0.414 e. The van der Waals surface area contributed by atoms with Gasteiger partial charge in [0.2, 0.25) is 0 Å². The van der Waals surface area contributed by atoms with Gasteiger partial charge in [-0.15, -0.1) is 0 Å². The van der Waals surface area contributed by atoms with Gasteiger partial charge in [0.05, 0.1) is 19.8 Å². The summed E-state index contributed by atoms with van der Waals surface area (Å²) in [5, 5.41) is 4.59. The van der Waals surface area contributed by atoms with E-state index in [2.05, 4.69) is 32.8 Å². The molecule has 0 spiro atoms. The lowest BCUT2D eigenvalue weighted by Gasteiger charge is -2.53. The molecule has 0 aliphatic carbocycles. The molecule has 3 saturated heterocycles. The molecular weight excluding hydrogens is 371 g/mol. The number of carbonyl (C=O) groups is 1. The Bertz CT molecular complexity index is 572. The smallest absolute Gasteiger partial charge is 0.414 e. The highest BCUT2D eigenvalue weighted by molar-refractivity contribution is 7.58. The third kappa shape index (κ3) is 4.83. The predicted molar refractivity (Wildman–Crippen MR) is 101 cm³/mol. The highest BCUT2D eigenvalue weighted by Gasteiger charge is 2.49. The van der Waals surface area contributed by atoms with E-state index in [1.54, 1.807) is 16.5 Å². The van der Waals surface area contributed by atoms with Crippen molar-refractivity contribution in [3.05, 3.63) is 0 Å². The third-order valence-corrected chi connectivity index (χ3v) is 8.06. The standard InChI is InChI=1S/C17H33N4O5P/c1-16(2)12-14(13-17(3,4)21(16)24-5)25-10-11-26-15(22)18-27(23,19-6-7-19)20-8-9-20/h14H,6-13H2,1-5H3,(H,18,22,23). The van der Waals surface area contributed by atoms with Crippen molar-refractivity contribution in [2.24, 2.45) is 0 Å². The Morgan fingerprint density at radius 1 is 1.04 bits per heavy atom. The second-order valence-electron chi connectivity index (χ2n) is 8.70. The number of hydroxylamine groups is 2. The van der Waals surface area contributed by atoms with Crippen molar-refractivity contribution in [3.63, 3.8) is 0 Å². The lowest BCUT2D eigenvalue weighted by atomic mass is 9.80. The largest absolute Gasteiger partial charge is 0.447 e. The molecule has 0 radical (unpaired) electrons. The Hall–Kier alpha value is -0.700. The van der Waals surface area contributed by atoms with Crippen molar-refractivity contribution in [1.29, 1.82) is 0 Å². The molecule has 27 heavy (non-hydrogen) atoms. The third-order valence-electron chi connectivity index (χ3n) is 5.26. The first-order chi connectivity index (χ1) is 12.6. The fourth-order valence-electron chi connectivity index (χ4n) is 4.24. The maximum absolute atomic E-state index is 12.8. The van der Waals surface area contributed by atoms with Gasteiger partial charge in [-0.05, 0) is 40.5 Å². The average molecular weight is 404 g/mol. The van der Waals surface area contributed by atoms with Crippen LogP contribution < -0.4 is 5.09 Å². The van der Waals surface area contributed by atoms with Crippen LogP contribution in [0.25, 0.3) is 0 Å². The number of piperidine rings is 1. The molecule has 3 aliphatic rings. The number of amides is 1. The Morgan fingerprint density at radius 3 is 2.00 bits per heavy atom. The minimum atomic E-state index is -2.94. The topological polar surface area (TPSA) is 83.1 Å². The molecule has 3 heterocycles. The molecular formula is C17H33N4O5P. The SMILES string of the molecule is CON1C(C)(C)CC(OCCOC(=O)NP(=O)(N2CC2)N2CC2)CC1(C)C. The monoisotopic (exact) mass is 404 g/mol. The zero-order valence-electron chi connectivity index (χ0n) is 17.1. The summed E-state index contributed by atoms with van der Waals surface area (Å²) in [6.45, 7) is 12.0. The van der Waals surface area contributed by atoms with Gasteiger partial charge in [0.15, 0.2) is 0 Å². The molecule has 3 aliphatic heterocycles. The van der Waals surface area contributed by atoms with Crippen LogP contribution in [-0.4, -0.2) is 84.2 Å². The number of rotatable bonds is 8. The first kappa shape index (κ1) is 21.0. The first-order valence-electron chi connectivity index (χ1n) is 9.60. The fourth-order valence-corrected chi connectivity index (χ4v) is 6.44. The summed E-state index contributed by atoms with van der Waals surface area (Å²) in [5.74, 6) is 0. The molecule has 0 unspecified atom stereocenters. The second-order valence-corrected chi connectivity index (χ2v) is 11.1. The average Bonchev–Trinajstić information content (AvgIpc) is 3.41. The normalized spacial score (nSPS) is 26.0. The highest BCUT2D eigenvalue weighted by atomic mass is 31.2. The van der Waals surface area contributed by atoms with Gasteiger partial charge in [-0.3, -0.25) is 4.57 Å².